The Kier molecular flexibility index (Phi) is 4.11. The van der Waals surface area contributed by atoms with E-state index in [1.807, 2.05) is 35.7 Å². The summed E-state index contributed by atoms with van der Waals surface area (Å²) in [6.07, 6.45) is 1.84. The maximum Gasteiger partial charge on any atom is 0.231 e. The van der Waals surface area contributed by atoms with Crippen molar-refractivity contribution in [3.05, 3.63) is 59.7 Å². The molecular weight excluding hydrogens is 296 g/mol. The maximum absolute atomic E-state index is 12.0. The molecule has 6 heteroatoms. The standard InChI is InChI=1S/C16H14N4OS/c17-13-6-2-1-5-12(13)16-19-11(10-22-16)9-15(21)20-14-7-3-4-8-18-14/h1-8,10H,9,17H2,(H,18,20,21). The van der Waals surface area contributed by atoms with Crippen LogP contribution in [-0.4, -0.2) is 15.9 Å². The summed E-state index contributed by atoms with van der Waals surface area (Å²) in [5.41, 5.74) is 8.24. The number of pyridine rings is 1. The van der Waals surface area contributed by atoms with Gasteiger partial charge in [-0.2, -0.15) is 0 Å². The molecule has 5 nitrogen and oxygen atoms in total. The molecule has 22 heavy (non-hydrogen) atoms. The molecule has 3 aromatic rings. The number of benzene rings is 1. The van der Waals surface area contributed by atoms with Crippen LogP contribution >= 0.6 is 11.3 Å². The monoisotopic (exact) mass is 310 g/mol. The Labute approximate surface area is 131 Å². The number of rotatable bonds is 4. The summed E-state index contributed by atoms with van der Waals surface area (Å²) in [5.74, 6) is 0.395. The molecule has 0 aliphatic heterocycles. The van der Waals surface area contributed by atoms with Crippen LogP contribution in [0.15, 0.2) is 54.0 Å². The van der Waals surface area contributed by atoms with E-state index >= 15 is 0 Å². The molecule has 0 saturated heterocycles. The van der Waals surface area contributed by atoms with Crippen molar-refractivity contribution in [1.29, 1.82) is 0 Å². The minimum atomic E-state index is -0.142. The summed E-state index contributed by atoms with van der Waals surface area (Å²) in [4.78, 5) is 20.5. The Bertz CT molecular complexity index is 786. The fraction of sp³-hybridized carbons (Fsp3) is 0.0625. The molecule has 1 amide bonds. The second-order valence-electron chi connectivity index (χ2n) is 4.67. The highest BCUT2D eigenvalue weighted by molar-refractivity contribution is 7.13. The third-order valence-electron chi connectivity index (χ3n) is 3.02. The summed E-state index contributed by atoms with van der Waals surface area (Å²) in [6.45, 7) is 0. The first-order valence-electron chi connectivity index (χ1n) is 6.72. The number of para-hydroxylation sites is 1. The third-order valence-corrected chi connectivity index (χ3v) is 3.94. The number of aromatic nitrogens is 2. The number of hydrogen-bond donors (Lipinski definition) is 2. The number of amides is 1. The van der Waals surface area contributed by atoms with E-state index in [4.69, 9.17) is 5.73 Å². The summed E-state index contributed by atoms with van der Waals surface area (Å²) < 4.78 is 0. The molecule has 0 saturated carbocycles. The van der Waals surface area contributed by atoms with Crippen LogP contribution in [0.4, 0.5) is 11.5 Å². The van der Waals surface area contributed by atoms with E-state index in [0.29, 0.717) is 11.5 Å². The molecule has 0 unspecified atom stereocenters. The third kappa shape index (κ3) is 3.29. The number of hydrogen-bond acceptors (Lipinski definition) is 5. The number of thiazole rings is 1. The molecule has 0 fully saturated rings. The predicted octanol–water partition coefficient (Wildman–Crippen LogP) is 2.97. The topological polar surface area (TPSA) is 80.9 Å². The van der Waals surface area contributed by atoms with E-state index in [-0.39, 0.29) is 12.3 Å². The minimum Gasteiger partial charge on any atom is -0.398 e. The summed E-state index contributed by atoms with van der Waals surface area (Å²) in [7, 11) is 0. The molecule has 0 aliphatic carbocycles. The Balaban J connectivity index is 1.70. The van der Waals surface area contributed by atoms with Gasteiger partial charge in [0.15, 0.2) is 0 Å². The van der Waals surface area contributed by atoms with Crippen LogP contribution in [0.3, 0.4) is 0 Å². The van der Waals surface area contributed by atoms with E-state index < -0.39 is 0 Å². The van der Waals surface area contributed by atoms with Crippen molar-refractivity contribution in [2.75, 3.05) is 11.1 Å². The zero-order valence-electron chi connectivity index (χ0n) is 11.7. The Morgan fingerprint density at radius 2 is 2.00 bits per heavy atom. The van der Waals surface area contributed by atoms with Gasteiger partial charge in [-0.1, -0.05) is 18.2 Å². The first kappa shape index (κ1) is 14.2. The quantitative estimate of drug-likeness (QED) is 0.726. The Morgan fingerprint density at radius 1 is 1.18 bits per heavy atom. The minimum absolute atomic E-state index is 0.142. The largest absolute Gasteiger partial charge is 0.398 e. The molecule has 2 heterocycles. The fourth-order valence-corrected chi connectivity index (χ4v) is 2.86. The zero-order chi connectivity index (χ0) is 15.4. The molecule has 2 aromatic heterocycles. The van der Waals surface area contributed by atoms with Crippen LogP contribution in [0.25, 0.3) is 10.6 Å². The first-order valence-corrected chi connectivity index (χ1v) is 7.60. The van der Waals surface area contributed by atoms with Crippen molar-refractivity contribution in [3.63, 3.8) is 0 Å². The van der Waals surface area contributed by atoms with Gasteiger partial charge >= 0.3 is 0 Å². The number of nitrogens with one attached hydrogen (secondary N) is 1. The van der Waals surface area contributed by atoms with Gasteiger partial charge in [0.1, 0.15) is 10.8 Å². The number of carbonyl (C=O) groups excluding carboxylic acids is 1. The van der Waals surface area contributed by atoms with Gasteiger partial charge in [0.05, 0.1) is 12.1 Å². The van der Waals surface area contributed by atoms with E-state index in [2.05, 4.69) is 15.3 Å². The van der Waals surface area contributed by atoms with Gasteiger partial charge in [-0.15, -0.1) is 11.3 Å². The van der Waals surface area contributed by atoms with Crippen LogP contribution in [0.5, 0.6) is 0 Å². The molecule has 0 atom stereocenters. The Hall–Kier alpha value is -2.73. The second-order valence-corrected chi connectivity index (χ2v) is 5.53. The molecular formula is C16H14N4OS. The van der Waals surface area contributed by atoms with E-state index in [1.54, 1.807) is 18.3 Å². The molecule has 3 rings (SSSR count). The average molecular weight is 310 g/mol. The molecule has 0 spiro atoms. The van der Waals surface area contributed by atoms with E-state index in [0.717, 1.165) is 16.3 Å². The van der Waals surface area contributed by atoms with Crippen LogP contribution in [0.1, 0.15) is 5.69 Å². The number of anilines is 2. The van der Waals surface area contributed by atoms with Gasteiger partial charge in [-0.25, -0.2) is 9.97 Å². The summed E-state index contributed by atoms with van der Waals surface area (Å²) in [5, 5.41) is 5.43. The van der Waals surface area contributed by atoms with Crippen molar-refractivity contribution < 1.29 is 4.79 Å². The van der Waals surface area contributed by atoms with Gasteiger partial charge in [-0.3, -0.25) is 4.79 Å². The lowest BCUT2D eigenvalue weighted by atomic mass is 10.2. The van der Waals surface area contributed by atoms with Crippen molar-refractivity contribution in [3.8, 4) is 10.6 Å². The fourth-order valence-electron chi connectivity index (χ4n) is 1.99. The molecule has 0 bridgehead atoms. The highest BCUT2D eigenvalue weighted by atomic mass is 32.1. The predicted molar refractivity (Wildman–Crippen MR) is 88.5 cm³/mol. The van der Waals surface area contributed by atoms with Gasteiger partial charge in [0.25, 0.3) is 0 Å². The molecule has 3 N–H and O–H groups in total. The van der Waals surface area contributed by atoms with Crippen LogP contribution in [0, 0.1) is 0 Å². The van der Waals surface area contributed by atoms with Crippen LogP contribution in [-0.2, 0) is 11.2 Å². The first-order chi connectivity index (χ1) is 10.7. The second kappa shape index (κ2) is 6.36. The lowest BCUT2D eigenvalue weighted by Gasteiger charge is -2.02. The normalized spacial score (nSPS) is 10.4. The van der Waals surface area contributed by atoms with Crippen LogP contribution < -0.4 is 11.1 Å². The molecule has 110 valence electrons. The smallest absolute Gasteiger partial charge is 0.231 e. The number of nitrogens with zero attached hydrogens (tertiary/aromatic N) is 2. The molecule has 0 radical (unpaired) electrons. The maximum atomic E-state index is 12.0. The summed E-state index contributed by atoms with van der Waals surface area (Å²) in [6, 6.07) is 12.9. The van der Waals surface area contributed by atoms with Crippen molar-refractivity contribution >= 4 is 28.7 Å². The van der Waals surface area contributed by atoms with Gasteiger partial charge in [0, 0.05) is 22.8 Å². The number of nitrogen functional groups attached to an aromatic ring is 1. The molecule has 1 aromatic carbocycles. The number of nitrogens with two attached hydrogens (primary N) is 1. The van der Waals surface area contributed by atoms with Gasteiger partial charge < -0.3 is 11.1 Å². The van der Waals surface area contributed by atoms with E-state index in [9.17, 15) is 4.79 Å². The van der Waals surface area contributed by atoms with Gasteiger partial charge in [-0.05, 0) is 24.3 Å². The SMILES string of the molecule is Nc1ccccc1-c1nc(CC(=O)Nc2ccccn2)cs1. The highest BCUT2D eigenvalue weighted by Crippen LogP contribution is 2.28. The van der Waals surface area contributed by atoms with Crippen LogP contribution in [0.2, 0.25) is 0 Å². The number of carbonyl (C=O) groups is 1. The average Bonchev–Trinajstić information content (AvgIpc) is 2.97. The van der Waals surface area contributed by atoms with Gasteiger partial charge in [0.2, 0.25) is 5.91 Å². The zero-order valence-corrected chi connectivity index (χ0v) is 12.5. The van der Waals surface area contributed by atoms with E-state index in [1.165, 1.54) is 11.3 Å². The van der Waals surface area contributed by atoms with Crippen molar-refractivity contribution in [2.24, 2.45) is 0 Å². The Morgan fingerprint density at radius 3 is 2.77 bits per heavy atom. The van der Waals surface area contributed by atoms with Crippen molar-refractivity contribution in [2.45, 2.75) is 6.42 Å². The summed E-state index contributed by atoms with van der Waals surface area (Å²) >= 11 is 1.48. The highest BCUT2D eigenvalue weighted by Gasteiger charge is 2.11. The molecule has 0 aliphatic rings. The van der Waals surface area contributed by atoms with Crippen molar-refractivity contribution in [1.82, 2.24) is 9.97 Å². The lowest BCUT2D eigenvalue weighted by Crippen LogP contribution is -2.15. The lowest BCUT2D eigenvalue weighted by molar-refractivity contribution is -0.115.